The van der Waals surface area contributed by atoms with Crippen LogP contribution in [-0.2, 0) is 0 Å². The maximum absolute atomic E-state index is 10.5. The molecule has 0 saturated heterocycles. The van der Waals surface area contributed by atoms with E-state index >= 15 is 0 Å². The summed E-state index contributed by atoms with van der Waals surface area (Å²) in [5, 5.41) is 10.0. The molecule has 1 aromatic rings. The van der Waals surface area contributed by atoms with Gasteiger partial charge in [-0.05, 0) is 18.6 Å². The Kier molecular flexibility index (Phi) is 3.95. The van der Waals surface area contributed by atoms with E-state index in [1.54, 1.807) is 23.9 Å². The normalized spacial score (nSPS) is 12.4. The molecule has 0 spiro atoms. The number of thioether (sulfide) groups is 1. The number of pyridine rings is 1. The molecule has 0 amide bonds. The SMILES string of the molecule is CCC(C)Sc1ccc(C(=O)O)cn1. The smallest absolute Gasteiger partial charge is 0.337 e. The van der Waals surface area contributed by atoms with E-state index in [1.807, 2.05) is 0 Å². The van der Waals surface area contributed by atoms with Gasteiger partial charge in [0.05, 0.1) is 10.6 Å². The molecule has 1 rings (SSSR count). The summed E-state index contributed by atoms with van der Waals surface area (Å²) in [5.74, 6) is -0.933. The summed E-state index contributed by atoms with van der Waals surface area (Å²) in [6.07, 6.45) is 2.47. The van der Waals surface area contributed by atoms with E-state index in [0.717, 1.165) is 11.4 Å². The minimum Gasteiger partial charge on any atom is -0.478 e. The fourth-order valence-corrected chi connectivity index (χ4v) is 1.71. The third kappa shape index (κ3) is 3.03. The van der Waals surface area contributed by atoms with Crippen LogP contribution >= 0.6 is 11.8 Å². The summed E-state index contributed by atoms with van der Waals surface area (Å²) in [6.45, 7) is 4.24. The van der Waals surface area contributed by atoms with Gasteiger partial charge >= 0.3 is 5.97 Å². The molecule has 0 aliphatic heterocycles. The first-order valence-electron chi connectivity index (χ1n) is 4.49. The molecule has 76 valence electrons. The number of hydrogen-bond donors (Lipinski definition) is 1. The Balaban J connectivity index is 2.68. The minimum absolute atomic E-state index is 0.235. The first-order chi connectivity index (χ1) is 6.63. The van der Waals surface area contributed by atoms with Crippen LogP contribution in [0.15, 0.2) is 23.4 Å². The van der Waals surface area contributed by atoms with Gasteiger partial charge < -0.3 is 5.11 Å². The minimum atomic E-state index is -0.933. The summed E-state index contributed by atoms with van der Waals surface area (Å²) in [7, 11) is 0. The van der Waals surface area contributed by atoms with Gasteiger partial charge in [0.1, 0.15) is 0 Å². The van der Waals surface area contributed by atoms with Gasteiger partial charge in [-0.3, -0.25) is 0 Å². The molecular formula is C10H13NO2S. The molecule has 1 aromatic heterocycles. The van der Waals surface area contributed by atoms with Crippen LogP contribution in [0.5, 0.6) is 0 Å². The van der Waals surface area contributed by atoms with Crippen molar-refractivity contribution in [2.45, 2.75) is 30.5 Å². The van der Waals surface area contributed by atoms with Crippen LogP contribution in [0.25, 0.3) is 0 Å². The van der Waals surface area contributed by atoms with E-state index in [1.165, 1.54) is 6.20 Å². The maximum atomic E-state index is 10.5. The average Bonchev–Trinajstić information content (AvgIpc) is 2.18. The number of carbonyl (C=O) groups is 1. The Morgan fingerprint density at radius 1 is 1.64 bits per heavy atom. The third-order valence-corrected chi connectivity index (χ3v) is 3.10. The van der Waals surface area contributed by atoms with Gasteiger partial charge in [-0.1, -0.05) is 13.8 Å². The molecule has 0 bridgehead atoms. The number of carboxylic acid groups (broad SMARTS) is 1. The largest absolute Gasteiger partial charge is 0.478 e. The number of aromatic nitrogens is 1. The van der Waals surface area contributed by atoms with Crippen molar-refractivity contribution in [3.63, 3.8) is 0 Å². The second-order valence-corrected chi connectivity index (χ2v) is 4.49. The van der Waals surface area contributed by atoms with Crippen LogP contribution in [0.2, 0.25) is 0 Å². The van der Waals surface area contributed by atoms with Crippen LogP contribution in [-0.4, -0.2) is 21.3 Å². The maximum Gasteiger partial charge on any atom is 0.337 e. The van der Waals surface area contributed by atoms with Crippen molar-refractivity contribution < 1.29 is 9.90 Å². The number of rotatable bonds is 4. The molecule has 0 aromatic carbocycles. The van der Waals surface area contributed by atoms with E-state index in [-0.39, 0.29) is 5.56 Å². The zero-order chi connectivity index (χ0) is 10.6. The van der Waals surface area contributed by atoms with Crippen LogP contribution in [0.3, 0.4) is 0 Å². The van der Waals surface area contributed by atoms with E-state index in [4.69, 9.17) is 5.11 Å². The van der Waals surface area contributed by atoms with E-state index in [9.17, 15) is 4.79 Å². The zero-order valence-electron chi connectivity index (χ0n) is 8.23. The second-order valence-electron chi connectivity index (χ2n) is 3.03. The lowest BCUT2D eigenvalue weighted by molar-refractivity contribution is 0.0696. The molecule has 3 nitrogen and oxygen atoms in total. The van der Waals surface area contributed by atoms with Gasteiger partial charge in [-0.2, -0.15) is 0 Å². The van der Waals surface area contributed by atoms with Crippen LogP contribution < -0.4 is 0 Å². The zero-order valence-corrected chi connectivity index (χ0v) is 9.04. The molecule has 1 atom stereocenters. The molecule has 1 N–H and O–H groups in total. The van der Waals surface area contributed by atoms with Crippen LogP contribution in [0.4, 0.5) is 0 Å². The lowest BCUT2D eigenvalue weighted by Crippen LogP contribution is -1.98. The quantitative estimate of drug-likeness (QED) is 0.778. The van der Waals surface area contributed by atoms with Crippen molar-refractivity contribution in [1.82, 2.24) is 4.98 Å². The van der Waals surface area contributed by atoms with Crippen molar-refractivity contribution in [3.05, 3.63) is 23.9 Å². The Bertz CT molecular complexity index is 310. The first-order valence-corrected chi connectivity index (χ1v) is 5.37. The summed E-state index contributed by atoms with van der Waals surface area (Å²) in [4.78, 5) is 14.6. The van der Waals surface area contributed by atoms with Gasteiger partial charge in [0.15, 0.2) is 0 Å². The monoisotopic (exact) mass is 211 g/mol. The predicted molar refractivity (Wildman–Crippen MR) is 56.8 cm³/mol. The lowest BCUT2D eigenvalue weighted by atomic mass is 10.3. The van der Waals surface area contributed by atoms with Crippen LogP contribution in [0.1, 0.15) is 30.6 Å². The van der Waals surface area contributed by atoms with Crippen molar-refractivity contribution >= 4 is 17.7 Å². The highest BCUT2D eigenvalue weighted by molar-refractivity contribution is 7.99. The van der Waals surface area contributed by atoms with Gasteiger partial charge in [0.2, 0.25) is 0 Å². The molecule has 14 heavy (non-hydrogen) atoms. The second kappa shape index (κ2) is 5.00. The molecule has 0 fully saturated rings. The van der Waals surface area contributed by atoms with Gasteiger partial charge in [0.25, 0.3) is 0 Å². The van der Waals surface area contributed by atoms with Crippen molar-refractivity contribution in [2.24, 2.45) is 0 Å². The van der Waals surface area contributed by atoms with E-state index in [0.29, 0.717) is 5.25 Å². The molecule has 0 radical (unpaired) electrons. The van der Waals surface area contributed by atoms with E-state index in [2.05, 4.69) is 18.8 Å². The highest BCUT2D eigenvalue weighted by Crippen LogP contribution is 2.22. The van der Waals surface area contributed by atoms with Crippen molar-refractivity contribution in [3.8, 4) is 0 Å². The Morgan fingerprint density at radius 3 is 2.79 bits per heavy atom. The number of aromatic carboxylic acids is 1. The molecule has 0 aliphatic carbocycles. The average molecular weight is 211 g/mol. The Hall–Kier alpha value is -1.03. The topological polar surface area (TPSA) is 50.2 Å². The fourth-order valence-electron chi connectivity index (χ4n) is 0.866. The fraction of sp³-hybridized carbons (Fsp3) is 0.400. The highest BCUT2D eigenvalue weighted by Gasteiger charge is 2.05. The molecule has 1 heterocycles. The van der Waals surface area contributed by atoms with Crippen LogP contribution in [0, 0.1) is 0 Å². The first kappa shape index (κ1) is 11.0. The summed E-state index contributed by atoms with van der Waals surface area (Å²) < 4.78 is 0. The van der Waals surface area contributed by atoms with Crippen molar-refractivity contribution in [2.75, 3.05) is 0 Å². The summed E-state index contributed by atoms with van der Waals surface area (Å²) >= 11 is 1.66. The Labute approximate surface area is 87.6 Å². The highest BCUT2D eigenvalue weighted by atomic mass is 32.2. The summed E-state index contributed by atoms with van der Waals surface area (Å²) in [6, 6.07) is 3.33. The van der Waals surface area contributed by atoms with Crippen molar-refractivity contribution in [1.29, 1.82) is 0 Å². The van der Waals surface area contributed by atoms with Gasteiger partial charge in [-0.15, -0.1) is 11.8 Å². The van der Waals surface area contributed by atoms with Gasteiger partial charge in [0, 0.05) is 11.4 Å². The lowest BCUT2D eigenvalue weighted by Gasteiger charge is -2.06. The number of hydrogen-bond acceptors (Lipinski definition) is 3. The number of nitrogens with zero attached hydrogens (tertiary/aromatic N) is 1. The predicted octanol–water partition coefficient (Wildman–Crippen LogP) is 2.67. The summed E-state index contributed by atoms with van der Waals surface area (Å²) in [5.41, 5.74) is 0.235. The van der Waals surface area contributed by atoms with Gasteiger partial charge in [-0.25, -0.2) is 9.78 Å². The van der Waals surface area contributed by atoms with E-state index < -0.39 is 5.97 Å². The molecule has 1 unspecified atom stereocenters. The Morgan fingerprint density at radius 2 is 2.36 bits per heavy atom. The molecule has 0 saturated carbocycles. The third-order valence-electron chi connectivity index (χ3n) is 1.88. The molecule has 4 heteroatoms. The molecule has 0 aliphatic rings. The molecular weight excluding hydrogens is 198 g/mol. The number of carboxylic acids is 1. The standard InChI is InChI=1S/C10H13NO2S/c1-3-7(2)14-9-5-4-8(6-11-9)10(12)13/h4-7H,3H2,1-2H3,(H,12,13).